The van der Waals surface area contributed by atoms with Gasteiger partial charge >= 0.3 is 0 Å². The third-order valence-corrected chi connectivity index (χ3v) is 6.77. The maximum Gasteiger partial charge on any atom is 0.243 e. The molecular weight excluding hydrogens is 351 g/mol. The van der Waals surface area contributed by atoms with E-state index in [2.05, 4.69) is 0 Å². The van der Waals surface area contributed by atoms with Gasteiger partial charge in [-0.2, -0.15) is 4.31 Å². The van der Waals surface area contributed by atoms with Gasteiger partial charge in [0.15, 0.2) is 5.78 Å². The number of halogens is 1. The minimum Gasteiger partial charge on any atom is -0.293 e. The van der Waals surface area contributed by atoms with Crippen LogP contribution in [0.25, 0.3) is 0 Å². The summed E-state index contributed by atoms with van der Waals surface area (Å²) in [5.41, 5.74) is 0. The molecule has 8 heteroatoms. The molecule has 0 spiro atoms. The number of rotatable bonds is 5. The number of benzene rings is 1. The quantitative estimate of drug-likeness (QED) is 0.758. The third kappa shape index (κ3) is 3.72. The average molecular weight is 368 g/mol. The van der Waals surface area contributed by atoms with E-state index in [1.807, 2.05) is 16.3 Å². The zero-order valence-corrected chi connectivity index (χ0v) is 14.5. The lowest BCUT2D eigenvalue weighted by Crippen LogP contribution is -2.49. The predicted octanol–water partition coefficient (Wildman–Crippen LogP) is 2.08. The molecule has 0 bridgehead atoms. The number of carbonyl (C=O) groups excluding carboxylic acids is 1. The van der Waals surface area contributed by atoms with Crippen LogP contribution in [0.2, 0.25) is 0 Å². The third-order valence-electron chi connectivity index (χ3n) is 3.95. The van der Waals surface area contributed by atoms with Gasteiger partial charge in [0.2, 0.25) is 10.0 Å². The van der Waals surface area contributed by atoms with Gasteiger partial charge in [-0.1, -0.05) is 6.07 Å². The highest BCUT2D eigenvalue weighted by Crippen LogP contribution is 2.18. The molecule has 1 aliphatic rings. The molecule has 3 rings (SSSR count). The average Bonchev–Trinajstić information content (AvgIpc) is 3.10. The van der Waals surface area contributed by atoms with Crippen LogP contribution in [0.5, 0.6) is 0 Å². The summed E-state index contributed by atoms with van der Waals surface area (Å²) in [6.07, 6.45) is 0. The number of hydrogen-bond acceptors (Lipinski definition) is 5. The Balaban J connectivity index is 1.60. The van der Waals surface area contributed by atoms with Gasteiger partial charge in [0.25, 0.3) is 0 Å². The van der Waals surface area contributed by atoms with Crippen molar-refractivity contribution >= 4 is 27.1 Å². The first-order chi connectivity index (χ1) is 11.5. The van der Waals surface area contributed by atoms with Crippen molar-refractivity contribution in [1.82, 2.24) is 9.21 Å². The molecule has 1 aromatic heterocycles. The Morgan fingerprint density at radius 3 is 2.33 bits per heavy atom. The summed E-state index contributed by atoms with van der Waals surface area (Å²) in [4.78, 5) is 14.9. The van der Waals surface area contributed by atoms with Crippen LogP contribution in [0.4, 0.5) is 4.39 Å². The Labute approximate surface area is 144 Å². The van der Waals surface area contributed by atoms with Crippen molar-refractivity contribution in [3.05, 3.63) is 52.5 Å². The molecule has 2 heterocycles. The van der Waals surface area contributed by atoms with E-state index in [9.17, 15) is 17.6 Å². The number of thiophene rings is 1. The summed E-state index contributed by atoms with van der Waals surface area (Å²) < 4.78 is 39.4. The second-order valence-corrected chi connectivity index (χ2v) is 8.42. The van der Waals surface area contributed by atoms with Crippen LogP contribution in [0, 0.1) is 5.82 Å². The standard InChI is InChI=1S/C16H17FN2O3S2/c17-13-3-5-14(6-4-13)24(21,22)19-9-7-18(8-10-19)12-15(20)16-2-1-11-23-16/h1-6,11H,7-10,12H2. The lowest BCUT2D eigenvalue weighted by molar-refractivity contribution is 0.0905. The first-order valence-corrected chi connectivity index (χ1v) is 9.83. The summed E-state index contributed by atoms with van der Waals surface area (Å²) in [7, 11) is -3.62. The minimum absolute atomic E-state index is 0.0554. The molecule has 128 valence electrons. The van der Waals surface area contributed by atoms with Gasteiger partial charge in [-0.15, -0.1) is 11.3 Å². The molecule has 1 aromatic carbocycles. The molecule has 0 saturated carbocycles. The van der Waals surface area contributed by atoms with Crippen LogP contribution in [-0.4, -0.2) is 56.1 Å². The molecule has 0 amide bonds. The molecule has 2 aromatic rings. The van der Waals surface area contributed by atoms with Gasteiger partial charge in [-0.3, -0.25) is 9.69 Å². The molecule has 0 unspecified atom stereocenters. The van der Waals surface area contributed by atoms with Crippen LogP contribution in [-0.2, 0) is 10.0 Å². The lowest BCUT2D eigenvalue weighted by atomic mass is 10.2. The van der Waals surface area contributed by atoms with Crippen LogP contribution >= 0.6 is 11.3 Å². The van der Waals surface area contributed by atoms with Gasteiger partial charge in [0.05, 0.1) is 16.3 Å². The van der Waals surface area contributed by atoms with Crippen LogP contribution in [0.1, 0.15) is 9.67 Å². The number of ketones is 1. The molecule has 0 aliphatic carbocycles. The zero-order valence-electron chi connectivity index (χ0n) is 12.9. The van der Waals surface area contributed by atoms with Crippen LogP contribution in [0.3, 0.4) is 0 Å². The van der Waals surface area contributed by atoms with Crippen molar-refractivity contribution in [2.24, 2.45) is 0 Å². The fourth-order valence-electron chi connectivity index (χ4n) is 2.60. The minimum atomic E-state index is -3.62. The van der Waals surface area contributed by atoms with E-state index in [4.69, 9.17) is 0 Å². The molecular formula is C16H17FN2O3S2. The van der Waals surface area contributed by atoms with Crippen molar-refractivity contribution in [3.63, 3.8) is 0 Å². The van der Waals surface area contributed by atoms with E-state index >= 15 is 0 Å². The van der Waals surface area contributed by atoms with Crippen molar-refractivity contribution in [3.8, 4) is 0 Å². The van der Waals surface area contributed by atoms with E-state index < -0.39 is 15.8 Å². The molecule has 1 fully saturated rings. The van der Waals surface area contributed by atoms with Crippen molar-refractivity contribution < 1.29 is 17.6 Å². The first-order valence-electron chi connectivity index (χ1n) is 7.51. The number of nitrogens with zero attached hydrogens (tertiary/aromatic N) is 2. The molecule has 24 heavy (non-hydrogen) atoms. The monoisotopic (exact) mass is 368 g/mol. The maximum atomic E-state index is 13.0. The van der Waals surface area contributed by atoms with E-state index in [1.54, 1.807) is 6.07 Å². The van der Waals surface area contributed by atoms with Crippen molar-refractivity contribution in [2.45, 2.75) is 4.90 Å². The number of hydrogen-bond donors (Lipinski definition) is 0. The highest BCUT2D eigenvalue weighted by atomic mass is 32.2. The number of carbonyl (C=O) groups is 1. The van der Waals surface area contributed by atoms with Crippen molar-refractivity contribution in [1.29, 1.82) is 0 Å². The van der Waals surface area contributed by atoms with Crippen LogP contribution < -0.4 is 0 Å². The lowest BCUT2D eigenvalue weighted by Gasteiger charge is -2.33. The Morgan fingerprint density at radius 1 is 1.08 bits per heavy atom. The molecule has 0 atom stereocenters. The SMILES string of the molecule is O=C(CN1CCN(S(=O)(=O)c2ccc(F)cc2)CC1)c1cccs1. The fraction of sp³-hybridized carbons (Fsp3) is 0.312. The maximum absolute atomic E-state index is 13.0. The second-order valence-electron chi connectivity index (χ2n) is 5.53. The zero-order chi connectivity index (χ0) is 17.2. The Bertz CT molecular complexity index is 796. The first kappa shape index (κ1) is 17.2. The van der Waals surface area contributed by atoms with Gasteiger partial charge in [-0.25, -0.2) is 12.8 Å². The van der Waals surface area contributed by atoms with Gasteiger partial charge in [0.1, 0.15) is 5.82 Å². The van der Waals surface area contributed by atoms with E-state index in [0.29, 0.717) is 32.7 Å². The topological polar surface area (TPSA) is 57.7 Å². The molecule has 1 saturated heterocycles. The molecule has 1 aliphatic heterocycles. The van der Waals surface area contributed by atoms with E-state index in [0.717, 1.165) is 17.0 Å². The van der Waals surface area contributed by atoms with E-state index in [-0.39, 0.29) is 10.7 Å². The van der Waals surface area contributed by atoms with Crippen molar-refractivity contribution in [2.75, 3.05) is 32.7 Å². The molecule has 0 N–H and O–H groups in total. The highest BCUT2D eigenvalue weighted by molar-refractivity contribution is 7.89. The molecule has 5 nitrogen and oxygen atoms in total. The highest BCUT2D eigenvalue weighted by Gasteiger charge is 2.29. The number of sulfonamides is 1. The Morgan fingerprint density at radius 2 is 1.75 bits per heavy atom. The normalized spacial score (nSPS) is 17.0. The smallest absolute Gasteiger partial charge is 0.243 e. The number of piperazine rings is 1. The Kier molecular flexibility index (Phi) is 5.09. The summed E-state index contributed by atoms with van der Waals surface area (Å²) in [6.45, 7) is 1.93. The summed E-state index contributed by atoms with van der Waals surface area (Å²) in [6, 6.07) is 8.47. The Hall–Kier alpha value is -1.61. The predicted molar refractivity (Wildman–Crippen MR) is 90.2 cm³/mol. The largest absolute Gasteiger partial charge is 0.293 e. The summed E-state index contributed by atoms with van der Waals surface area (Å²) in [5, 5.41) is 1.86. The summed E-state index contributed by atoms with van der Waals surface area (Å²) >= 11 is 1.41. The van der Waals surface area contributed by atoms with Crippen LogP contribution in [0.15, 0.2) is 46.7 Å². The number of Topliss-reactive ketones (excluding diaryl/α,β-unsaturated/α-hetero) is 1. The molecule has 0 radical (unpaired) electrons. The summed E-state index contributed by atoms with van der Waals surface area (Å²) in [5.74, 6) is -0.411. The second kappa shape index (κ2) is 7.10. The van der Waals surface area contributed by atoms with Gasteiger partial charge in [-0.05, 0) is 35.7 Å². The van der Waals surface area contributed by atoms with E-state index in [1.165, 1.54) is 27.8 Å². The van der Waals surface area contributed by atoms with Gasteiger partial charge in [0, 0.05) is 26.2 Å². The fourth-order valence-corrected chi connectivity index (χ4v) is 4.68. The van der Waals surface area contributed by atoms with Gasteiger partial charge < -0.3 is 0 Å².